The predicted molar refractivity (Wildman–Crippen MR) is 101 cm³/mol. The number of nitrogens with one attached hydrogen (secondary N) is 1. The molecule has 0 amide bonds. The van der Waals surface area contributed by atoms with E-state index < -0.39 is 0 Å². The van der Waals surface area contributed by atoms with E-state index in [0.29, 0.717) is 19.1 Å². The summed E-state index contributed by atoms with van der Waals surface area (Å²) in [6.07, 6.45) is 1.02. The Morgan fingerprint density at radius 3 is 2.54 bits per heavy atom. The number of aryl methyl sites for hydroxylation is 2. The van der Waals surface area contributed by atoms with Gasteiger partial charge in [-0.15, -0.1) is 0 Å². The number of guanidine groups is 1. The van der Waals surface area contributed by atoms with Crippen molar-refractivity contribution in [3.05, 3.63) is 64.7 Å². The number of hydrogen-bond acceptors (Lipinski definition) is 2. The van der Waals surface area contributed by atoms with Crippen molar-refractivity contribution in [1.29, 1.82) is 0 Å². The van der Waals surface area contributed by atoms with Crippen molar-refractivity contribution in [2.75, 3.05) is 11.9 Å². The Bertz CT molecular complexity index is 695. The van der Waals surface area contributed by atoms with E-state index in [1.807, 2.05) is 18.2 Å². The van der Waals surface area contributed by atoms with Gasteiger partial charge in [-0.05, 0) is 54.7 Å². The van der Waals surface area contributed by atoms with Gasteiger partial charge in [-0.2, -0.15) is 0 Å². The fourth-order valence-corrected chi connectivity index (χ4v) is 2.36. The predicted octanol–water partition coefficient (Wildman–Crippen LogP) is 4.16. The van der Waals surface area contributed by atoms with Crippen LogP contribution in [0.1, 0.15) is 35.6 Å². The summed E-state index contributed by atoms with van der Waals surface area (Å²) in [5, 5.41) is 3.15. The molecule has 0 aliphatic heterocycles. The van der Waals surface area contributed by atoms with Crippen LogP contribution in [0.5, 0.6) is 0 Å². The minimum Gasteiger partial charge on any atom is -0.377 e. The summed E-state index contributed by atoms with van der Waals surface area (Å²) in [7, 11) is 0. The molecule has 0 aromatic heterocycles. The van der Waals surface area contributed by atoms with Crippen molar-refractivity contribution in [3.8, 4) is 0 Å². The van der Waals surface area contributed by atoms with Crippen LogP contribution in [0.4, 0.5) is 5.69 Å². The largest absolute Gasteiger partial charge is 0.377 e. The quantitative estimate of drug-likeness (QED) is 0.456. The molecule has 0 spiro atoms. The average molecular weight is 325 g/mol. The van der Waals surface area contributed by atoms with Crippen LogP contribution in [-0.2, 0) is 17.9 Å². The minimum absolute atomic E-state index is 0.419. The number of aliphatic imine (C=N–C) groups is 1. The van der Waals surface area contributed by atoms with E-state index in [4.69, 9.17) is 10.5 Å². The van der Waals surface area contributed by atoms with E-state index in [1.54, 1.807) is 0 Å². The zero-order chi connectivity index (χ0) is 17.4. The van der Waals surface area contributed by atoms with Gasteiger partial charge in [0.05, 0.1) is 13.2 Å². The second-order valence-corrected chi connectivity index (χ2v) is 5.95. The van der Waals surface area contributed by atoms with Gasteiger partial charge in [-0.25, -0.2) is 4.99 Å². The second-order valence-electron chi connectivity index (χ2n) is 5.95. The zero-order valence-corrected chi connectivity index (χ0v) is 14.8. The van der Waals surface area contributed by atoms with Gasteiger partial charge in [0.2, 0.25) is 0 Å². The first-order valence-electron chi connectivity index (χ1n) is 8.39. The van der Waals surface area contributed by atoms with E-state index in [9.17, 15) is 0 Å². The summed E-state index contributed by atoms with van der Waals surface area (Å²) in [6.45, 7) is 8.21. The Morgan fingerprint density at radius 2 is 1.83 bits per heavy atom. The molecular weight excluding hydrogens is 298 g/mol. The summed E-state index contributed by atoms with van der Waals surface area (Å²) in [5.41, 5.74) is 11.8. The van der Waals surface area contributed by atoms with Crippen LogP contribution < -0.4 is 11.1 Å². The number of benzene rings is 2. The number of ether oxygens (including phenoxy) is 1. The topological polar surface area (TPSA) is 59.6 Å². The highest BCUT2D eigenvalue weighted by Crippen LogP contribution is 2.15. The molecule has 3 N–H and O–H groups in total. The van der Waals surface area contributed by atoms with Crippen LogP contribution in [0, 0.1) is 13.8 Å². The summed E-state index contributed by atoms with van der Waals surface area (Å²) in [6, 6.07) is 14.3. The molecule has 0 aliphatic carbocycles. The molecule has 0 saturated carbocycles. The fraction of sp³-hybridized carbons (Fsp3) is 0.350. The molecule has 0 fully saturated rings. The summed E-state index contributed by atoms with van der Waals surface area (Å²) in [4.78, 5) is 4.46. The highest BCUT2D eigenvalue weighted by Gasteiger charge is 2.02. The molecule has 0 unspecified atom stereocenters. The van der Waals surface area contributed by atoms with Gasteiger partial charge >= 0.3 is 0 Å². The lowest BCUT2D eigenvalue weighted by Gasteiger charge is -2.10. The SMILES string of the molecule is CCCOCc1ccccc1CN=C(N)Nc1ccc(C)c(C)c1. The van der Waals surface area contributed by atoms with Gasteiger partial charge < -0.3 is 15.8 Å². The lowest BCUT2D eigenvalue weighted by atomic mass is 10.1. The van der Waals surface area contributed by atoms with E-state index >= 15 is 0 Å². The van der Waals surface area contributed by atoms with E-state index in [2.05, 4.69) is 55.3 Å². The van der Waals surface area contributed by atoms with Gasteiger partial charge in [-0.1, -0.05) is 37.3 Å². The number of anilines is 1. The molecule has 2 rings (SSSR count). The van der Waals surface area contributed by atoms with Crippen LogP contribution in [0.3, 0.4) is 0 Å². The van der Waals surface area contributed by atoms with Crippen molar-refractivity contribution in [2.45, 2.75) is 40.3 Å². The minimum atomic E-state index is 0.419. The van der Waals surface area contributed by atoms with Crippen LogP contribution in [0.15, 0.2) is 47.5 Å². The maximum Gasteiger partial charge on any atom is 0.193 e. The number of hydrogen-bond donors (Lipinski definition) is 2. The lowest BCUT2D eigenvalue weighted by Crippen LogP contribution is -2.22. The molecule has 0 radical (unpaired) electrons. The first-order valence-corrected chi connectivity index (χ1v) is 8.39. The highest BCUT2D eigenvalue weighted by molar-refractivity contribution is 5.92. The molecule has 0 saturated heterocycles. The normalized spacial score (nSPS) is 11.5. The van der Waals surface area contributed by atoms with Crippen molar-refractivity contribution in [1.82, 2.24) is 0 Å². The molecule has 4 nitrogen and oxygen atoms in total. The molecule has 2 aromatic carbocycles. The van der Waals surface area contributed by atoms with Gasteiger partial charge in [-0.3, -0.25) is 0 Å². The molecule has 0 heterocycles. The molecule has 0 atom stereocenters. The number of nitrogens with zero attached hydrogens (tertiary/aromatic N) is 1. The Hall–Kier alpha value is -2.33. The van der Waals surface area contributed by atoms with Gasteiger partial charge in [0.15, 0.2) is 5.96 Å². The highest BCUT2D eigenvalue weighted by atomic mass is 16.5. The smallest absolute Gasteiger partial charge is 0.193 e. The Labute approximate surface area is 144 Å². The Balaban J connectivity index is 2.00. The molecule has 0 aliphatic rings. The zero-order valence-electron chi connectivity index (χ0n) is 14.8. The first-order chi connectivity index (χ1) is 11.6. The summed E-state index contributed by atoms with van der Waals surface area (Å²) < 4.78 is 5.64. The standard InChI is InChI=1S/C20H27N3O/c1-4-11-24-14-18-8-6-5-7-17(18)13-22-20(21)23-19-10-9-15(2)16(3)12-19/h5-10,12H,4,11,13-14H2,1-3H3,(H3,21,22,23). The lowest BCUT2D eigenvalue weighted by molar-refractivity contribution is 0.121. The Morgan fingerprint density at radius 1 is 1.08 bits per heavy atom. The van der Waals surface area contributed by atoms with Gasteiger partial charge in [0, 0.05) is 12.3 Å². The first kappa shape index (κ1) is 18.0. The van der Waals surface area contributed by atoms with Gasteiger partial charge in [0.1, 0.15) is 0 Å². The monoisotopic (exact) mass is 325 g/mol. The summed E-state index contributed by atoms with van der Waals surface area (Å²) >= 11 is 0. The fourth-order valence-electron chi connectivity index (χ4n) is 2.36. The van der Waals surface area contributed by atoms with Crippen LogP contribution >= 0.6 is 0 Å². The molecule has 0 bridgehead atoms. The van der Waals surface area contributed by atoms with E-state index in [-0.39, 0.29) is 0 Å². The molecule has 2 aromatic rings. The average Bonchev–Trinajstić information content (AvgIpc) is 2.57. The van der Waals surface area contributed by atoms with E-state index in [1.165, 1.54) is 11.1 Å². The number of rotatable bonds is 7. The van der Waals surface area contributed by atoms with E-state index in [0.717, 1.165) is 29.8 Å². The van der Waals surface area contributed by atoms with Crippen LogP contribution in [0.2, 0.25) is 0 Å². The van der Waals surface area contributed by atoms with Crippen molar-refractivity contribution in [3.63, 3.8) is 0 Å². The van der Waals surface area contributed by atoms with Crippen LogP contribution in [-0.4, -0.2) is 12.6 Å². The molecule has 24 heavy (non-hydrogen) atoms. The third-order valence-electron chi connectivity index (χ3n) is 3.92. The number of nitrogens with two attached hydrogens (primary N) is 1. The van der Waals surface area contributed by atoms with Crippen molar-refractivity contribution < 1.29 is 4.74 Å². The summed E-state index contributed by atoms with van der Waals surface area (Å²) in [5.74, 6) is 0.419. The van der Waals surface area contributed by atoms with Crippen molar-refractivity contribution in [2.24, 2.45) is 10.7 Å². The maximum atomic E-state index is 6.02. The Kier molecular flexibility index (Phi) is 6.82. The van der Waals surface area contributed by atoms with Crippen molar-refractivity contribution >= 4 is 11.6 Å². The third-order valence-corrected chi connectivity index (χ3v) is 3.92. The second kappa shape index (κ2) is 9.08. The third kappa shape index (κ3) is 5.39. The molecule has 4 heteroatoms. The van der Waals surface area contributed by atoms with Gasteiger partial charge in [0.25, 0.3) is 0 Å². The van der Waals surface area contributed by atoms with Crippen LogP contribution in [0.25, 0.3) is 0 Å². The molecular formula is C20H27N3O. The maximum absolute atomic E-state index is 6.02. The molecule has 128 valence electrons.